The smallest absolute Gasteiger partial charge is 0.382 e. The number of benzene rings is 1. The molecule has 0 unspecified atom stereocenters. The summed E-state index contributed by atoms with van der Waals surface area (Å²) in [5, 5.41) is 2.35. The van der Waals surface area contributed by atoms with Crippen LogP contribution in [0.4, 0.5) is 24.8 Å². The van der Waals surface area contributed by atoms with Crippen molar-refractivity contribution in [3.05, 3.63) is 71.4 Å². The molecule has 0 saturated carbocycles. The summed E-state index contributed by atoms with van der Waals surface area (Å²) in [6.45, 7) is 1.73. The Morgan fingerprint density at radius 2 is 1.77 bits per heavy atom. The molecule has 0 aliphatic carbocycles. The number of anilines is 2. The Labute approximate surface area is 197 Å². The molecule has 3 heterocycles. The highest BCUT2D eigenvalue weighted by molar-refractivity contribution is 6.04. The van der Waals surface area contributed by atoms with Crippen molar-refractivity contribution in [1.82, 2.24) is 24.3 Å². The molecule has 0 aliphatic heterocycles. The summed E-state index contributed by atoms with van der Waals surface area (Å²) < 4.78 is 40.4. The highest BCUT2D eigenvalue weighted by Gasteiger charge is 2.31. The Bertz CT molecular complexity index is 1440. The van der Waals surface area contributed by atoms with Gasteiger partial charge in [0.25, 0.3) is 11.8 Å². The second-order valence-corrected chi connectivity index (χ2v) is 7.88. The summed E-state index contributed by atoms with van der Waals surface area (Å²) in [6, 6.07) is 7.63. The molecule has 9 nitrogen and oxygen atoms in total. The second kappa shape index (κ2) is 8.70. The number of alkyl halides is 3. The number of carbonyl (C=O) groups is 2. The number of nitrogens with two attached hydrogens (primary N) is 1. The van der Waals surface area contributed by atoms with E-state index >= 15 is 0 Å². The van der Waals surface area contributed by atoms with Crippen LogP contribution in [0, 0.1) is 6.92 Å². The van der Waals surface area contributed by atoms with Crippen LogP contribution in [0.1, 0.15) is 32.2 Å². The lowest BCUT2D eigenvalue weighted by Crippen LogP contribution is -2.26. The molecule has 0 atom stereocenters. The maximum atomic E-state index is 13.0. The van der Waals surface area contributed by atoms with Crippen LogP contribution < -0.4 is 11.1 Å². The predicted molar refractivity (Wildman–Crippen MR) is 123 cm³/mol. The van der Waals surface area contributed by atoms with E-state index in [1.165, 1.54) is 23.2 Å². The number of hydrogen-bond acceptors (Lipinski definition) is 6. The molecule has 0 radical (unpaired) electrons. The lowest BCUT2D eigenvalue weighted by molar-refractivity contribution is -0.137. The van der Waals surface area contributed by atoms with Gasteiger partial charge in [-0.15, -0.1) is 0 Å². The first-order valence-electron chi connectivity index (χ1n) is 10.3. The van der Waals surface area contributed by atoms with Gasteiger partial charge in [-0.2, -0.15) is 13.2 Å². The monoisotopic (exact) mass is 483 g/mol. The number of amides is 2. The molecule has 1 aromatic carbocycles. The summed E-state index contributed by atoms with van der Waals surface area (Å²) in [5.41, 5.74) is 6.89. The lowest BCUT2D eigenvalue weighted by Gasteiger charge is -2.17. The average molecular weight is 483 g/mol. The van der Waals surface area contributed by atoms with E-state index in [-0.39, 0.29) is 28.8 Å². The van der Waals surface area contributed by atoms with E-state index < -0.39 is 17.6 Å². The van der Waals surface area contributed by atoms with Gasteiger partial charge in [-0.25, -0.2) is 15.0 Å². The van der Waals surface area contributed by atoms with Crippen molar-refractivity contribution >= 4 is 29.0 Å². The minimum atomic E-state index is -4.56. The van der Waals surface area contributed by atoms with Crippen LogP contribution in [0.25, 0.3) is 16.8 Å². The maximum Gasteiger partial charge on any atom is 0.416 e. The average Bonchev–Trinajstić information content (AvgIpc) is 3.20. The van der Waals surface area contributed by atoms with Crippen LogP contribution in [0.2, 0.25) is 0 Å². The van der Waals surface area contributed by atoms with Gasteiger partial charge < -0.3 is 16.0 Å². The quantitative estimate of drug-likeness (QED) is 0.457. The topological polar surface area (TPSA) is 119 Å². The van der Waals surface area contributed by atoms with Crippen molar-refractivity contribution in [3.63, 3.8) is 0 Å². The summed E-state index contributed by atoms with van der Waals surface area (Å²) in [7, 11) is 3.21. The number of pyridine rings is 1. The first-order valence-corrected chi connectivity index (χ1v) is 10.3. The molecule has 3 N–H and O–H groups in total. The van der Waals surface area contributed by atoms with Crippen molar-refractivity contribution in [2.24, 2.45) is 0 Å². The molecule has 0 bridgehead atoms. The summed E-state index contributed by atoms with van der Waals surface area (Å²) >= 11 is 0. The van der Waals surface area contributed by atoms with E-state index in [1.807, 2.05) is 0 Å². The number of fused-ring (bicyclic) bond motifs is 1. The minimum Gasteiger partial charge on any atom is -0.382 e. The molecule has 12 heteroatoms. The first-order chi connectivity index (χ1) is 16.5. The number of nitrogens with zero attached hydrogens (tertiary/aromatic N) is 5. The predicted octanol–water partition coefficient (Wildman–Crippen LogP) is 3.65. The van der Waals surface area contributed by atoms with Gasteiger partial charge in [0.05, 0.1) is 11.8 Å². The number of imidazole rings is 1. The standard InChI is InChI=1S/C23H20F3N7O2/c1-12-29-11-16-20(27)31-18(19(33(12)16)22(35)32(2)3)13-4-6-14(7-5-13)21(34)30-17-10-15(8-9-28-17)23(24,25)26/h4-11H,1-3H3,(H2,27,31)(H,28,30,34). The van der Waals surface area contributed by atoms with Crippen LogP contribution in [0.15, 0.2) is 48.8 Å². The third-order valence-electron chi connectivity index (χ3n) is 5.24. The van der Waals surface area contributed by atoms with E-state index in [4.69, 9.17) is 5.73 Å². The summed E-state index contributed by atoms with van der Waals surface area (Å²) in [4.78, 5) is 39.4. The number of nitrogen functional groups attached to an aromatic ring is 1. The van der Waals surface area contributed by atoms with E-state index in [0.29, 0.717) is 22.6 Å². The highest BCUT2D eigenvalue weighted by atomic mass is 19.4. The number of hydrogen-bond donors (Lipinski definition) is 2. The lowest BCUT2D eigenvalue weighted by atomic mass is 10.1. The fourth-order valence-electron chi connectivity index (χ4n) is 3.50. The Kier molecular flexibility index (Phi) is 5.89. The van der Waals surface area contributed by atoms with Crippen LogP contribution in [-0.2, 0) is 6.18 Å². The second-order valence-electron chi connectivity index (χ2n) is 7.88. The van der Waals surface area contributed by atoms with Gasteiger partial charge in [-0.1, -0.05) is 12.1 Å². The molecule has 2 amide bonds. The zero-order chi connectivity index (χ0) is 25.5. The zero-order valence-corrected chi connectivity index (χ0v) is 18.9. The van der Waals surface area contributed by atoms with Crippen molar-refractivity contribution in [1.29, 1.82) is 0 Å². The van der Waals surface area contributed by atoms with Gasteiger partial charge in [0.2, 0.25) is 0 Å². The molecule has 0 fully saturated rings. The van der Waals surface area contributed by atoms with Crippen molar-refractivity contribution < 1.29 is 22.8 Å². The molecule has 3 aromatic heterocycles. The molecule has 35 heavy (non-hydrogen) atoms. The van der Waals surface area contributed by atoms with Gasteiger partial charge in [-0.3, -0.25) is 14.0 Å². The van der Waals surface area contributed by atoms with Crippen LogP contribution in [-0.4, -0.2) is 50.2 Å². The third-order valence-corrected chi connectivity index (χ3v) is 5.24. The molecule has 0 aliphatic rings. The van der Waals surface area contributed by atoms with Crippen molar-refractivity contribution in [2.45, 2.75) is 13.1 Å². The molecular formula is C23H20F3N7O2. The van der Waals surface area contributed by atoms with Gasteiger partial charge in [-0.05, 0) is 31.2 Å². The van der Waals surface area contributed by atoms with Crippen molar-refractivity contribution in [3.8, 4) is 11.3 Å². The fraction of sp³-hybridized carbons (Fsp3) is 0.174. The summed E-state index contributed by atoms with van der Waals surface area (Å²) in [5.74, 6) is -0.487. The largest absolute Gasteiger partial charge is 0.416 e. The van der Waals surface area contributed by atoms with Crippen molar-refractivity contribution in [2.75, 3.05) is 25.1 Å². The number of rotatable bonds is 4. The number of halogens is 3. The van der Waals surface area contributed by atoms with Gasteiger partial charge in [0, 0.05) is 31.4 Å². The Morgan fingerprint density at radius 3 is 2.40 bits per heavy atom. The molecular weight excluding hydrogens is 463 g/mol. The SMILES string of the molecule is Cc1ncc2c(N)nc(-c3ccc(C(=O)Nc4cc(C(F)(F)F)ccn4)cc3)c(C(=O)N(C)C)n12. The first kappa shape index (κ1) is 23.7. The Morgan fingerprint density at radius 1 is 1.09 bits per heavy atom. The van der Waals surface area contributed by atoms with Crippen LogP contribution in [0.3, 0.4) is 0 Å². The van der Waals surface area contributed by atoms with Gasteiger partial charge in [0.15, 0.2) is 0 Å². The minimum absolute atomic E-state index is 0.168. The molecule has 0 spiro atoms. The number of nitrogens with one attached hydrogen (secondary N) is 1. The number of carbonyl (C=O) groups excluding carboxylic acids is 2. The zero-order valence-electron chi connectivity index (χ0n) is 18.9. The number of aromatic nitrogens is 4. The molecule has 4 rings (SSSR count). The van der Waals surface area contributed by atoms with Crippen LogP contribution >= 0.6 is 0 Å². The Hall–Kier alpha value is -4.48. The van der Waals surface area contributed by atoms with Gasteiger partial charge >= 0.3 is 6.18 Å². The van der Waals surface area contributed by atoms with Crippen LogP contribution in [0.5, 0.6) is 0 Å². The van der Waals surface area contributed by atoms with E-state index in [0.717, 1.165) is 18.3 Å². The van der Waals surface area contributed by atoms with E-state index in [9.17, 15) is 22.8 Å². The fourth-order valence-corrected chi connectivity index (χ4v) is 3.50. The molecule has 0 saturated heterocycles. The summed E-state index contributed by atoms with van der Waals surface area (Å²) in [6.07, 6.45) is -2.06. The molecule has 4 aromatic rings. The van der Waals surface area contributed by atoms with Gasteiger partial charge in [0.1, 0.15) is 34.4 Å². The third kappa shape index (κ3) is 4.50. The normalized spacial score (nSPS) is 11.5. The highest BCUT2D eigenvalue weighted by Crippen LogP contribution is 2.30. The molecule has 180 valence electrons. The van der Waals surface area contributed by atoms with E-state index in [1.54, 1.807) is 37.6 Å². The Balaban J connectivity index is 1.70. The van der Waals surface area contributed by atoms with E-state index in [2.05, 4.69) is 20.3 Å². The number of aryl methyl sites for hydroxylation is 1. The maximum absolute atomic E-state index is 13.0.